The summed E-state index contributed by atoms with van der Waals surface area (Å²) in [5, 5.41) is 0. The number of carbonyl (C=O) groups is 1. The summed E-state index contributed by atoms with van der Waals surface area (Å²) >= 11 is 0. The Morgan fingerprint density at radius 2 is 1.69 bits per heavy atom. The minimum atomic E-state index is -0.553. The van der Waals surface area contributed by atoms with Crippen molar-refractivity contribution >= 4 is 6.16 Å². The first kappa shape index (κ1) is 15.2. The number of nitrogens with zero attached hydrogens (tertiary/aromatic N) is 1. The predicted octanol–water partition coefficient (Wildman–Crippen LogP) is 2.53. The molecule has 0 aliphatic heterocycles. The van der Waals surface area contributed by atoms with Crippen LogP contribution in [0.4, 0.5) is 4.79 Å². The molecule has 0 aromatic heterocycles. The minimum absolute atomic E-state index is 0.186. The molecule has 4 nitrogen and oxygen atoms in total. The summed E-state index contributed by atoms with van der Waals surface area (Å²) in [6, 6.07) is 0. The van der Waals surface area contributed by atoms with E-state index in [1.807, 2.05) is 19.0 Å². The van der Waals surface area contributed by atoms with Crippen molar-refractivity contribution in [3.05, 3.63) is 0 Å². The zero-order valence-electron chi connectivity index (χ0n) is 11.2. The van der Waals surface area contributed by atoms with E-state index in [-0.39, 0.29) is 5.41 Å². The molecule has 4 heteroatoms. The van der Waals surface area contributed by atoms with Crippen molar-refractivity contribution in [1.82, 2.24) is 4.90 Å². The molecule has 0 bridgehead atoms. The van der Waals surface area contributed by atoms with Crippen LogP contribution in [0.1, 0.15) is 33.6 Å². The molecule has 0 amide bonds. The van der Waals surface area contributed by atoms with Crippen molar-refractivity contribution in [1.29, 1.82) is 0 Å². The third kappa shape index (κ3) is 11.3. The van der Waals surface area contributed by atoms with Gasteiger partial charge in [-0.1, -0.05) is 20.8 Å². The first-order valence-electron chi connectivity index (χ1n) is 5.75. The fourth-order valence-corrected chi connectivity index (χ4v) is 1.02. The monoisotopic (exact) mass is 231 g/mol. The van der Waals surface area contributed by atoms with Gasteiger partial charge in [0.25, 0.3) is 0 Å². The molecule has 0 atom stereocenters. The molecule has 16 heavy (non-hydrogen) atoms. The molecular formula is C12H25NO3. The Morgan fingerprint density at radius 1 is 1.12 bits per heavy atom. The molecule has 0 unspecified atom stereocenters. The van der Waals surface area contributed by atoms with Crippen LogP contribution in [0.3, 0.4) is 0 Å². The van der Waals surface area contributed by atoms with E-state index in [1.165, 1.54) is 0 Å². The Morgan fingerprint density at radius 3 is 2.19 bits per heavy atom. The molecule has 0 aromatic carbocycles. The van der Waals surface area contributed by atoms with Crippen LogP contribution in [0.2, 0.25) is 0 Å². The maximum Gasteiger partial charge on any atom is 0.508 e. The quantitative estimate of drug-likeness (QED) is 0.520. The molecule has 0 heterocycles. The highest BCUT2D eigenvalue weighted by Crippen LogP contribution is 2.17. The zero-order valence-corrected chi connectivity index (χ0v) is 11.2. The Labute approximate surface area is 98.9 Å². The summed E-state index contributed by atoms with van der Waals surface area (Å²) in [7, 11) is 3.98. The standard InChI is InChI=1S/C12H25NO3/c1-12(2,3)7-10-16-11(14)15-9-6-8-13(4)5/h6-10H2,1-5H3. The average Bonchev–Trinajstić information content (AvgIpc) is 2.10. The lowest BCUT2D eigenvalue weighted by Gasteiger charge is -2.17. The Kier molecular flexibility index (Phi) is 7.13. The van der Waals surface area contributed by atoms with Gasteiger partial charge in [-0.3, -0.25) is 0 Å². The molecule has 0 fully saturated rings. The van der Waals surface area contributed by atoms with Crippen molar-refractivity contribution in [2.24, 2.45) is 5.41 Å². The second kappa shape index (κ2) is 7.49. The van der Waals surface area contributed by atoms with Gasteiger partial charge in [0.05, 0.1) is 13.2 Å². The predicted molar refractivity (Wildman–Crippen MR) is 64.5 cm³/mol. The molecule has 0 saturated carbocycles. The largest absolute Gasteiger partial charge is 0.508 e. The fraction of sp³-hybridized carbons (Fsp3) is 0.917. The van der Waals surface area contributed by atoms with Gasteiger partial charge in [0.1, 0.15) is 0 Å². The normalized spacial score (nSPS) is 11.6. The number of carbonyl (C=O) groups excluding carboxylic acids is 1. The van der Waals surface area contributed by atoms with E-state index in [0.29, 0.717) is 13.2 Å². The summed E-state index contributed by atoms with van der Waals surface area (Å²) in [6.07, 6.45) is 1.13. The van der Waals surface area contributed by atoms with E-state index in [4.69, 9.17) is 9.47 Å². The lowest BCUT2D eigenvalue weighted by Crippen LogP contribution is -2.17. The van der Waals surface area contributed by atoms with Crippen LogP contribution >= 0.6 is 0 Å². The van der Waals surface area contributed by atoms with Crippen molar-refractivity contribution in [2.75, 3.05) is 33.9 Å². The smallest absolute Gasteiger partial charge is 0.434 e. The van der Waals surface area contributed by atoms with Gasteiger partial charge in [-0.25, -0.2) is 4.79 Å². The highest BCUT2D eigenvalue weighted by molar-refractivity contribution is 5.59. The molecule has 0 aliphatic carbocycles. The van der Waals surface area contributed by atoms with Crippen LogP contribution in [0, 0.1) is 5.41 Å². The van der Waals surface area contributed by atoms with Crippen molar-refractivity contribution in [2.45, 2.75) is 33.6 Å². The molecule has 0 spiro atoms. The third-order valence-electron chi connectivity index (χ3n) is 2.04. The van der Waals surface area contributed by atoms with E-state index < -0.39 is 6.16 Å². The summed E-state index contributed by atoms with van der Waals surface area (Å²) in [4.78, 5) is 13.2. The van der Waals surface area contributed by atoms with E-state index in [0.717, 1.165) is 19.4 Å². The summed E-state index contributed by atoms with van der Waals surface area (Å²) in [6.45, 7) is 8.09. The Hall–Kier alpha value is -0.770. The summed E-state index contributed by atoms with van der Waals surface area (Å²) in [5.41, 5.74) is 0.186. The zero-order chi connectivity index (χ0) is 12.6. The van der Waals surface area contributed by atoms with Crippen molar-refractivity contribution < 1.29 is 14.3 Å². The average molecular weight is 231 g/mol. The van der Waals surface area contributed by atoms with Crippen LogP contribution in [0.25, 0.3) is 0 Å². The lowest BCUT2D eigenvalue weighted by molar-refractivity contribution is 0.0467. The Bertz CT molecular complexity index is 197. The molecular weight excluding hydrogens is 206 g/mol. The topological polar surface area (TPSA) is 38.8 Å². The van der Waals surface area contributed by atoms with Gasteiger partial charge >= 0.3 is 6.16 Å². The van der Waals surface area contributed by atoms with E-state index >= 15 is 0 Å². The lowest BCUT2D eigenvalue weighted by atomic mass is 9.93. The number of ether oxygens (including phenoxy) is 2. The molecule has 0 rings (SSSR count). The van der Waals surface area contributed by atoms with Gasteiger partial charge in [0, 0.05) is 6.54 Å². The van der Waals surface area contributed by atoms with Gasteiger partial charge in [-0.05, 0) is 32.4 Å². The van der Waals surface area contributed by atoms with Crippen LogP contribution < -0.4 is 0 Å². The molecule has 0 N–H and O–H groups in total. The van der Waals surface area contributed by atoms with Crippen molar-refractivity contribution in [3.8, 4) is 0 Å². The number of hydrogen-bond donors (Lipinski definition) is 0. The maximum atomic E-state index is 11.1. The SMILES string of the molecule is CN(C)CCCOC(=O)OCCC(C)(C)C. The van der Waals surface area contributed by atoms with Gasteiger partial charge < -0.3 is 14.4 Å². The first-order chi connectivity index (χ1) is 7.31. The van der Waals surface area contributed by atoms with E-state index in [9.17, 15) is 4.79 Å². The highest BCUT2D eigenvalue weighted by Gasteiger charge is 2.11. The summed E-state index contributed by atoms with van der Waals surface area (Å²) in [5.74, 6) is 0. The van der Waals surface area contributed by atoms with Crippen LogP contribution in [-0.4, -0.2) is 44.9 Å². The molecule has 96 valence electrons. The van der Waals surface area contributed by atoms with Crippen molar-refractivity contribution in [3.63, 3.8) is 0 Å². The fourth-order valence-electron chi connectivity index (χ4n) is 1.02. The van der Waals surface area contributed by atoms with Gasteiger partial charge in [0.15, 0.2) is 0 Å². The maximum absolute atomic E-state index is 11.1. The molecule has 0 aliphatic rings. The van der Waals surface area contributed by atoms with Crippen LogP contribution in [0.15, 0.2) is 0 Å². The third-order valence-corrected chi connectivity index (χ3v) is 2.04. The van der Waals surface area contributed by atoms with Gasteiger partial charge in [0.2, 0.25) is 0 Å². The molecule has 0 aromatic rings. The minimum Gasteiger partial charge on any atom is -0.434 e. The van der Waals surface area contributed by atoms with E-state index in [2.05, 4.69) is 20.8 Å². The Balaban J connectivity index is 3.39. The number of hydrogen-bond acceptors (Lipinski definition) is 4. The first-order valence-corrected chi connectivity index (χ1v) is 5.75. The number of rotatable bonds is 6. The van der Waals surface area contributed by atoms with Crippen LogP contribution in [-0.2, 0) is 9.47 Å². The second-order valence-corrected chi connectivity index (χ2v) is 5.41. The van der Waals surface area contributed by atoms with Crippen LogP contribution in [0.5, 0.6) is 0 Å². The van der Waals surface area contributed by atoms with E-state index in [1.54, 1.807) is 0 Å². The van der Waals surface area contributed by atoms with Gasteiger partial charge in [-0.15, -0.1) is 0 Å². The summed E-state index contributed by atoms with van der Waals surface area (Å²) < 4.78 is 9.87. The van der Waals surface area contributed by atoms with Gasteiger partial charge in [-0.2, -0.15) is 0 Å². The molecule has 0 saturated heterocycles. The second-order valence-electron chi connectivity index (χ2n) is 5.41. The molecule has 0 radical (unpaired) electrons. The highest BCUT2D eigenvalue weighted by atomic mass is 16.7.